The van der Waals surface area contributed by atoms with E-state index < -0.39 is 0 Å². The van der Waals surface area contributed by atoms with Crippen LogP contribution in [0.2, 0.25) is 0 Å². The highest BCUT2D eigenvalue weighted by molar-refractivity contribution is 5.77. The molecule has 1 aromatic carbocycles. The van der Waals surface area contributed by atoms with Crippen molar-refractivity contribution in [3.05, 3.63) is 28.8 Å². The van der Waals surface area contributed by atoms with Crippen molar-refractivity contribution in [3.63, 3.8) is 0 Å². The first-order chi connectivity index (χ1) is 9.70. The van der Waals surface area contributed by atoms with Gasteiger partial charge in [-0.15, -0.1) is 0 Å². The minimum atomic E-state index is 0.0400. The molecule has 1 amide bonds. The number of nitrogens with one attached hydrogen (secondary N) is 2. The number of carbonyl (C=O) groups is 1. The topological polar surface area (TPSA) is 53.8 Å². The van der Waals surface area contributed by atoms with E-state index in [1.54, 1.807) is 0 Å². The van der Waals surface area contributed by atoms with Crippen LogP contribution < -0.4 is 10.2 Å². The van der Waals surface area contributed by atoms with Gasteiger partial charge < -0.3 is 15.3 Å². The molecule has 1 aromatic rings. The minimum absolute atomic E-state index is 0.0400. The van der Waals surface area contributed by atoms with E-state index in [0.29, 0.717) is 24.8 Å². The van der Waals surface area contributed by atoms with E-state index in [0.717, 1.165) is 16.0 Å². The largest absolute Gasteiger partial charge is 0.507 e. The van der Waals surface area contributed by atoms with Crippen molar-refractivity contribution in [2.24, 2.45) is 0 Å². The molecule has 0 fully saturated rings. The monoisotopic (exact) mass is 293 g/mol. The molecule has 0 aliphatic carbocycles. The molecule has 0 saturated heterocycles. The first-order valence-corrected chi connectivity index (χ1v) is 7.63. The number of quaternary nitrogens is 1. The van der Waals surface area contributed by atoms with Gasteiger partial charge in [0.05, 0.1) is 7.05 Å². The van der Waals surface area contributed by atoms with Gasteiger partial charge in [0.15, 0.2) is 6.54 Å². The van der Waals surface area contributed by atoms with Crippen molar-refractivity contribution >= 4 is 5.91 Å². The van der Waals surface area contributed by atoms with Crippen LogP contribution in [-0.2, 0) is 11.3 Å². The molecule has 0 radical (unpaired) electrons. The lowest BCUT2D eigenvalue weighted by molar-refractivity contribution is -0.885. The quantitative estimate of drug-likeness (QED) is 0.742. The summed E-state index contributed by atoms with van der Waals surface area (Å²) in [6.07, 6.45) is 0. The van der Waals surface area contributed by atoms with E-state index in [2.05, 4.69) is 25.2 Å². The van der Waals surface area contributed by atoms with Gasteiger partial charge in [0.25, 0.3) is 5.91 Å². The van der Waals surface area contributed by atoms with Gasteiger partial charge in [-0.3, -0.25) is 4.79 Å². The Balaban J connectivity index is 2.78. The predicted molar refractivity (Wildman–Crippen MR) is 85.7 cm³/mol. The van der Waals surface area contributed by atoms with Crippen LogP contribution in [-0.4, -0.2) is 30.6 Å². The van der Waals surface area contributed by atoms with Crippen molar-refractivity contribution in [1.29, 1.82) is 0 Å². The summed E-state index contributed by atoms with van der Waals surface area (Å²) in [4.78, 5) is 12.8. The second-order valence-corrected chi connectivity index (χ2v) is 6.53. The van der Waals surface area contributed by atoms with Crippen molar-refractivity contribution in [2.45, 2.75) is 53.1 Å². The number of aromatic hydroxyl groups is 1. The Morgan fingerprint density at radius 1 is 1.29 bits per heavy atom. The lowest BCUT2D eigenvalue weighted by Gasteiger charge is -2.18. The number of phenols is 1. The van der Waals surface area contributed by atoms with Crippen LogP contribution in [0.3, 0.4) is 0 Å². The van der Waals surface area contributed by atoms with Gasteiger partial charge in [0.1, 0.15) is 12.3 Å². The number of hydrogen-bond donors (Lipinski definition) is 3. The van der Waals surface area contributed by atoms with Crippen LogP contribution in [0.15, 0.2) is 12.1 Å². The highest BCUT2D eigenvalue weighted by Gasteiger charge is 2.15. The lowest BCUT2D eigenvalue weighted by atomic mass is 9.95. The summed E-state index contributed by atoms with van der Waals surface area (Å²) in [5, 5.41) is 13.0. The van der Waals surface area contributed by atoms with Crippen LogP contribution in [0.4, 0.5) is 0 Å². The smallest absolute Gasteiger partial charge is 0.275 e. The Morgan fingerprint density at radius 2 is 1.90 bits per heavy atom. The number of carbonyl (C=O) groups excluding carboxylic acids is 1. The number of hydrogen-bond acceptors (Lipinski definition) is 2. The summed E-state index contributed by atoms with van der Waals surface area (Å²) >= 11 is 0. The maximum atomic E-state index is 11.8. The van der Waals surface area contributed by atoms with Gasteiger partial charge >= 0.3 is 0 Å². The number of phenolic OH excluding ortho intramolecular Hbond substituents is 1. The molecule has 0 bridgehead atoms. The summed E-state index contributed by atoms with van der Waals surface area (Å²) in [6.45, 7) is 11.3. The van der Waals surface area contributed by atoms with Gasteiger partial charge in [-0.2, -0.15) is 0 Å². The van der Waals surface area contributed by atoms with Crippen LogP contribution in [0, 0.1) is 6.92 Å². The van der Waals surface area contributed by atoms with E-state index in [1.165, 1.54) is 5.56 Å². The van der Waals surface area contributed by atoms with Gasteiger partial charge in [-0.25, -0.2) is 0 Å². The van der Waals surface area contributed by atoms with Crippen LogP contribution in [0.25, 0.3) is 0 Å². The molecule has 1 atom stereocenters. The summed E-state index contributed by atoms with van der Waals surface area (Å²) in [7, 11) is 1.97. The maximum absolute atomic E-state index is 11.8. The molecule has 1 rings (SSSR count). The third-order valence-electron chi connectivity index (χ3n) is 3.49. The molecule has 0 saturated carbocycles. The number of aryl methyl sites for hydroxylation is 1. The average molecular weight is 293 g/mol. The number of rotatable bonds is 6. The molecule has 118 valence electrons. The maximum Gasteiger partial charge on any atom is 0.275 e. The molecule has 1 unspecified atom stereocenters. The Bertz CT molecular complexity index is 496. The third-order valence-corrected chi connectivity index (χ3v) is 3.49. The highest BCUT2D eigenvalue weighted by Crippen LogP contribution is 2.26. The molecule has 0 heterocycles. The fraction of sp³-hybridized carbons (Fsp3) is 0.588. The Morgan fingerprint density at radius 3 is 2.43 bits per heavy atom. The van der Waals surface area contributed by atoms with Gasteiger partial charge in [-0.1, -0.05) is 13.8 Å². The van der Waals surface area contributed by atoms with Gasteiger partial charge in [-0.05, 0) is 49.9 Å². The molecular formula is C17H29N2O2+. The Kier molecular flexibility index (Phi) is 6.21. The molecule has 0 aliphatic heterocycles. The van der Waals surface area contributed by atoms with E-state index in [1.807, 2.05) is 33.9 Å². The molecular weight excluding hydrogens is 264 g/mol. The summed E-state index contributed by atoms with van der Waals surface area (Å²) < 4.78 is 0. The van der Waals surface area contributed by atoms with Crippen LogP contribution >= 0.6 is 0 Å². The van der Waals surface area contributed by atoms with E-state index in [9.17, 15) is 9.90 Å². The van der Waals surface area contributed by atoms with E-state index in [-0.39, 0.29) is 11.9 Å². The number of amides is 1. The fourth-order valence-electron chi connectivity index (χ4n) is 2.55. The zero-order chi connectivity index (χ0) is 16.2. The zero-order valence-electron chi connectivity index (χ0n) is 14.1. The van der Waals surface area contributed by atoms with E-state index >= 15 is 0 Å². The second kappa shape index (κ2) is 7.46. The lowest BCUT2D eigenvalue weighted by Crippen LogP contribution is -3.09. The number of benzene rings is 1. The second-order valence-electron chi connectivity index (χ2n) is 6.53. The third kappa shape index (κ3) is 5.38. The van der Waals surface area contributed by atoms with Crippen molar-refractivity contribution < 1.29 is 14.8 Å². The molecule has 0 aliphatic rings. The summed E-state index contributed by atoms with van der Waals surface area (Å²) in [6, 6.07) is 4.05. The van der Waals surface area contributed by atoms with Crippen LogP contribution in [0.5, 0.6) is 5.75 Å². The summed E-state index contributed by atoms with van der Waals surface area (Å²) in [5.41, 5.74) is 3.27. The molecule has 0 spiro atoms. The molecule has 3 N–H and O–H groups in total. The normalized spacial score (nSPS) is 12.8. The fourth-order valence-corrected chi connectivity index (χ4v) is 2.55. The molecule has 4 nitrogen and oxygen atoms in total. The average Bonchev–Trinajstić information content (AvgIpc) is 2.30. The standard InChI is InChI=1S/C17H28N2O2/c1-11(2)15-8-14(16(20)7-13(15)5)9-19(6)10-17(21)18-12(3)4/h7-8,11-12,20H,9-10H2,1-6H3,(H,18,21)/p+1. The highest BCUT2D eigenvalue weighted by atomic mass is 16.3. The van der Waals surface area contributed by atoms with Gasteiger partial charge in [0.2, 0.25) is 0 Å². The van der Waals surface area contributed by atoms with Crippen molar-refractivity contribution in [1.82, 2.24) is 5.32 Å². The van der Waals surface area contributed by atoms with Crippen molar-refractivity contribution in [2.75, 3.05) is 13.6 Å². The Hall–Kier alpha value is -1.55. The van der Waals surface area contributed by atoms with E-state index in [4.69, 9.17) is 0 Å². The first-order valence-electron chi connectivity index (χ1n) is 7.63. The minimum Gasteiger partial charge on any atom is -0.507 e. The number of likely N-dealkylation sites (N-methyl/N-ethyl adjacent to an activating group) is 1. The predicted octanol–water partition coefficient (Wildman–Crippen LogP) is 1.36. The zero-order valence-corrected chi connectivity index (χ0v) is 14.1. The van der Waals surface area contributed by atoms with Crippen LogP contribution in [0.1, 0.15) is 50.3 Å². The van der Waals surface area contributed by atoms with Gasteiger partial charge in [0, 0.05) is 11.6 Å². The Labute approximate surface area is 128 Å². The SMILES string of the molecule is Cc1cc(O)c(C[NH+](C)CC(=O)NC(C)C)cc1C(C)C. The molecule has 4 heteroatoms. The molecule has 21 heavy (non-hydrogen) atoms. The van der Waals surface area contributed by atoms with Crippen molar-refractivity contribution in [3.8, 4) is 5.75 Å². The first kappa shape index (κ1) is 17.5. The summed E-state index contributed by atoms with van der Waals surface area (Å²) in [5.74, 6) is 0.785. The molecule has 0 aromatic heterocycles.